The molecule has 1 aliphatic heterocycles. The first-order chi connectivity index (χ1) is 5.15. The summed E-state index contributed by atoms with van der Waals surface area (Å²) in [6.45, 7) is 5.15. The normalized spacial score (nSPS) is 22.8. The van der Waals surface area contributed by atoms with Gasteiger partial charge in [-0.1, -0.05) is 13.5 Å². The van der Waals surface area contributed by atoms with Crippen LogP contribution in [0.15, 0.2) is 12.3 Å². The number of cyclic esters (lactones) is 1. The fourth-order valence-corrected chi connectivity index (χ4v) is 0.870. The summed E-state index contributed by atoms with van der Waals surface area (Å²) in [7, 11) is 0. The van der Waals surface area contributed by atoms with Gasteiger partial charge in [0.25, 0.3) is 0 Å². The van der Waals surface area contributed by atoms with Crippen molar-refractivity contribution in [2.75, 3.05) is 0 Å². The van der Waals surface area contributed by atoms with Crippen molar-refractivity contribution >= 4 is 11.9 Å². The molecule has 1 saturated heterocycles. The Morgan fingerprint density at radius 2 is 2.45 bits per heavy atom. The largest absolute Gasteiger partial charge is 0.413 e. The minimum absolute atomic E-state index is 0.0825. The molecule has 0 spiro atoms. The summed E-state index contributed by atoms with van der Waals surface area (Å²) in [5.41, 5.74) is 0. The Bertz CT molecular complexity index is 222. The number of alkyl carbamates (subject to hydrolysis) is 1. The lowest BCUT2D eigenvalue weighted by atomic mass is 10.1. The van der Waals surface area contributed by atoms with Crippen molar-refractivity contribution in [3.05, 3.63) is 12.3 Å². The van der Waals surface area contributed by atoms with E-state index in [1.54, 1.807) is 6.92 Å². The van der Waals surface area contributed by atoms with Crippen LogP contribution in [0.5, 0.6) is 0 Å². The van der Waals surface area contributed by atoms with Crippen molar-refractivity contribution in [2.45, 2.75) is 19.4 Å². The summed E-state index contributed by atoms with van der Waals surface area (Å²) in [5, 5.41) is 2.34. The van der Waals surface area contributed by atoms with Crippen LogP contribution in [-0.2, 0) is 9.53 Å². The molecule has 0 radical (unpaired) electrons. The molecule has 1 atom stereocenters. The van der Waals surface area contributed by atoms with Gasteiger partial charge in [-0.05, 0) is 0 Å². The van der Waals surface area contributed by atoms with E-state index in [-0.39, 0.29) is 11.5 Å². The molecule has 1 rings (SSSR count). The molecular weight excluding hydrogens is 146 g/mol. The smallest absolute Gasteiger partial charge is 0.413 e. The van der Waals surface area contributed by atoms with Gasteiger partial charge in [0.15, 0.2) is 5.78 Å². The number of hydrogen-bond donors (Lipinski definition) is 1. The zero-order valence-electron chi connectivity index (χ0n) is 6.22. The van der Waals surface area contributed by atoms with Gasteiger partial charge >= 0.3 is 6.09 Å². The summed E-state index contributed by atoms with van der Waals surface area (Å²) in [4.78, 5) is 21.6. The molecule has 0 bridgehead atoms. The number of amides is 1. The van der Waals surface area contributed by atoms with E-state index in [1.807, 2.05) is 0 Å². The average molecular weight is 155 g/mol. The van der Waals surface area contributed by atoms with Gasteiger partial charge in [0, 0.05) is 6.42 Å². The highest BCUT2D eigenvalue weighted by Crippen LogP contribution is 2.12. The molecule has 1 amide bonds. The van der Waals surface area contributed by atoms with Crippen LogP contribution in [0, 0.1) is 0 Å². The van der Waals surface area contributed by atoms with Gasteiger partial charge in [0.2, 0.25) is 0 Å². The Balaban J connectivity index is 2.67. The van der Waals surface area contributed by atoms with Crippen molar-refractivity contribution in [1.29, 1.82) is 0 Å². The Hall–Kier alpha value is -1.32. The van der Waals surface area contributed by atoms with E-state index in [0.29, 0.717) is 6.42 Å². The molecule has 1 aliphatic rings. The summed E-state index contributed by atoms with van der Waals surface area (Å²) < 4.78 is 4.53. The van der Waals surface area contributed by atoms with Crippen molar-refractivity contribution < 1.29 is 14.3 Å². The first-order valence-corrected chi connectivity index (χ1v) is 3.35. The molecule has 4 heteroatoms. The lowest BCUT2D eigenvalue weighted by Gasteiger charge is -2.03. The van der Waals surface area contributed by atoms with Gasteiger partial charge in [-0.15, -0.1) is 0 Å². The minimum atomic E-state index is -0.632. The van der Waals surface area contributed by atoms with E-state index < -0.39 is 12.1 Å². The highest BCUT2D eigenvalue weighted by Gasteiger charge is 2.31. The number of ketones is 1. The number of nitrogens with one attached hydrogen (secondary N) is 1. The molecule has 1 heterocycles. The fraction of sp³-hybridized carbons (Fsp3) is 0.429. The van der Waals surface area contributed by atoms with Crippen LogP contribution in [0.2, 0.25) is 0 Å². The van der Waals surface area contributed by atoms with Gasteiger partial charge < -0.3 is 10.1 Å². The Morgan fingerprint density at radius 3 is 2.82 bits per heavy atom. The molecule has 0 unspecified atom stereocenters. The maximum absolute atomic E-state index is 11.0. The lowest BCUT2D eigenvalue weighted by molar-refractivity contribution is -0.119. The van der Waals surface area contributed by atoms with Gasteiger partial charge in [-0.25, -0.2) is 4.79 Å². The average Bonchev–Trinajstić information content (AvgIpc) is 2.28. The number of carbonyl (C=O) groups is 2. The van der Waals surface area contributed by atoms with E-state index in [0.717, 1.165) is 0 Å². The monoisotopic (exact) mass is 155 g/mol. The SMILES string of the molecule is C=C1OC(=O)N[C@@H]1C(=O)CC. The molecule has 0 aromatic rings. The molecule has 4 nitrogen and oxygen atoms in total. The zero-order valence-corrected chi connectivity index (χ0v) is 6.22. The third kappa shape index (κ3) is 1.39. The van der Waals surface area contributed by atoms with Gasteiger partial charge in [-0.3, -0.25) is 4.79 Å². The first-order valence-electron chi connectivity index (χ1n) is 3.35. The van der Waals surface area contributed by atoms with E-state index in [1.165, 1.54) is 0 Å². The van der Waals surface area contributed by atoms with Crippen molar-refractivity contribution in [1.82, 2.24) is 5.32 Å². The summed E-state index contributed by atoms with van der Waals surface area (Å²) >= 11 is 0. The molecule has 0 aromatic carbocycles. The van der Waals surface area contributed by atoms with E-state index in [2.05, 4.69) is 16.6 Å². The van der Waals surface area contributed by atoms with Gasteiger partial charge in [0.05, 0.1) is 0 Å². The van der Waals surface area contributed by atoms with Gasteiger partial charge in [-0.2, -0.15) is 0 Å². The second-order valence-electron chi connectivity index (χ2n) is 2.25. The van der Waals surface area contributed by atoms with Crippen LogP contribution < -0.4 is 5.32 Å². The Morgan fingerprint density at radius 1 is 1.82 bits per heavy atom. The van der Waals surface area contributed by atoms with E-state index >= 15 is 0 Å². The number of hydrogen-bond acceptors (Lipinski definition) is 3. The lowest BCUT2D eigenvalue weighted by Crippen LogP contribution is -2.32. The van der Waals surface area contributed by atoms with Crippen molar-refractivity contribution in [2.24, 2.45) is 0 Å². The van der Waals surface area contributed by atoms with Crippen LogP contribution in [0.4, 0.5) is 4.79 Å². The zero-order chi connectivity index (χ0) is 8.43. The van der Waals surface area contributed by atoms with Crippen LogP contribution in [0.1, 0.15) is 13.3 Å². The summed E-state index contributed by atoms with van der Waals surface area (Å²) in [5.74, 6) is 0.114. The quantitative estimate of drug-likeness (QED) is 0.634. The summed E-state index contributed by atoms with van der Waals surface area (Å²) in [6.07, 6.45) is -0.227. The molecule has 1 fully saturated rings. The minimum Gasteiger partial charge on any atom is -0.413 e. The predicted octanol–water partition coefficient (Wildman–Crippen LogP) is 0.588. The van der Waals surface area contributed by atoms with Crippen LogP contribution in [0.3, 0.4) is 0 Å². The van der Waals surface area contributed by atoms with Crippen LogP contribution in [0.25, 0.3) is 0 Å². The number of carbonyl (C=O) groups excluding carboxylic acids is 2. The molecular formula is C7H9NO3. The Labute approximate surface area is 64.2 Å². The first kappa shape index (κ1) is 7.78. The van der Waals surface area contributed by atoms with E-state index in [4.69, 9.17) is 0 Å². The van der Waals surface area contributed by atoms with Crippen LogP contribution in [-0.4, -0.2) is 17.9 Å². The highest BCUT2D eigenvalue weighted by molar-refractivity contribution is 5.92. The molecule has 1 N–H and O–H groups in total. The maximum Gasteiger partial charge on any atom is 0.413 e. The Kier molecular flexibility index (Phi) is 1.94. The highest BCUT2D eigenvalue weighted by atomic mass is 16.6. The van der Waals surface area contributed by atoms with Gasteiger partial charge in [0.1, 0.15) is 11.8 Å². The third-order valence-electron chi connectivity index (χ3n) is 1.48. The molecule has 0 aromatic heterocycles. The maximum atomic E-state index is 11.0. The van der Waals surface area contributed by atoms with Crippen LogP contribution >= 0.6 is 0 Å². The second kappa shape index (κ2) is 2.74. The molecule has 60 valence electrons. The third-order valence-corrected chi connectivity index (χ3v) is 1.48. The predicted molar refractivity (Wildman–Crippen MR) is 37.8 cm³/mol. The molecule has 0 aliphatic carbocycles. The molecule has 11 heavy (non-hydrogen) atoms. The number of Topliss-reactive ketones (excluding diaryl/α,β-unsaturated/α-hetero) is 1. The number of ether oxygens (including phenoxy) is 1. The topological polar surface area (TPSA) is 55.4 Å². The second-order valence-corrected chi connectivity index (χ2v) is 2.25. The van der Waals surface area contributed by atoms with E-state index in [9.17, 15) is 9.59 Å². The van der Waals surface area contributed by atoms with Crippen molar-refractivity contribution in [3.8, 4) is 0 Å². The standard InChI is InChI=1S/C7H9NO3/c1-3-5(9)6-4(2)11-7(10)8-6/h6H,2-3H2,1H3,(H,8,10)/t6-/m0/s1. The van der Waals surface area contributed by atoms with Crippen molar-refractivity contribution in [3.63, 3.8) is 0 Å². The summed E-state index contributed by atoms with van der Waals surface area (Å²) in [6, 6.07) is -0.632. The fourth-order valence-electron chi connectivity index (χ4n) is 0.870. The molecule has 0 saturated carbocycles. The number of rotatable bonds is 2.